The van der Waals surface area contributed by atoms with Gasteiger partial charge >= 0.3 is 0 Å². The fraction of sp³-hybridized carbons (Fsp3) is 0.280. The van der Waals surface area contributed by atoms with Gasteiger partial charge in [-0.3, -0.25) is 0 Å². The number of rotatable bonds is 8. The van der Waals surface area contributed by atoms with E-state index < -0.39 is 7.26 Å². The first-order valence-electron chi connectivity index (χ1n) is 9.85. The molecule has 0 saturated heterocycles. The topological polar surface area (TPSA) is 0 Å². The molecule has 0 heterocycles. The lowest BCUT2D eigenvalue weighted by atomic mass is 10.2. The largest absolute Gasteiger partial charge is 0.114 e. The highest BCUT2D eigenvalue weighted by atomic mass is 31.2. The van der Waals surface area contributed by atoms with Gasteiger partial charge in [-0.15, -0.1) is 0 Å². The van der Waals surface area contributed by atoms with Gasteiger partial charge in [0, 0.05) is 0 Å². The Balaban J connectivity index is 2.21. The van der Waals surface area contributed by atoms with Crippen molar-refractivity contribution in [2.24, 2.45) is 0 Å². The number of benzene rings is 3. The fourth-order valence-electron chi connectivity index (χ4n) is 4.08. The maximum absolute atomic E-state index is 2.48. The number of unbranched alkanes of at least 4 members (excludes halogenated alkanes) is 2. The third-order valence-electron chi connectivity index (χ3n) is 5.38. The van der Waals surface area contributed by atoms with E-state index in [1.54, 1.807) is 0 Å². The maximum Gasteiger partial charge on any atom is 0.114 e. The lowest BCUT2D eigenvalue weighted by molar-refractivity contribution is 0.660. The van der Waals surface area contributed by atoms with Crippen LogP contribution in [0.4, 0.5) is 0 Å². The molecule has 0 amide bonds. The Bertz CT molecular complexity index is 668. The van der Waals surface area contributed by atoms with Gasteiger partial charge in [0.05, 0.1) is 5.66 Å². The predicted molar refractivity (Wildman–Crippen MR) is 119 cm³/mol. The molecule has 0 aromatic heterocycles. The van der Waals surface area contributed by atoms with Gasteiger partial charge in [0.1, 0.15) is 23.2 Å². The van der Waals surface area contributed by atoms with Crippen molar-refractivity contribution in [1.29, 1.82) is 0 Å². The minimum atomic E-state index is -1.68. The summed E-state index contributed by atoms with van der Waals surface area (Å²) in [6.45, 7) is 4.77. The van der Waals surface area contributed by atoms with Crippen molar-refractivity contribution in [2.45, 2.75) is 45.2 Å². The van der Waals surface area contributed by atoms with Crippen LogP contribution in [0.1, 0.15) is 39.5 Å². The van der Waals surface area contributed by atoms with E-state index in [0.717, 1.165) is 0 Å². The van der Waals surface area contributed by atoms with Gasteiger partial charge < -0.3 is 0 Å². The highest BCUT2D eigenvalue weighted by molar-refractivity contribution is 7.96. The highest BCUT2D eigenvalue weighted by Gasteiger charge is 2.49. The molecular formula is C25H30P+. The van der Waals surface area contributed by atoms with Crippen LogP contribution in [0.25, 0.3) is 0 Å². The molecule has 0 fully saturated rings. The normalized spacial score (nSPS) is 12.7. The van der Waals surface area contributed by atoms with Gasteiger partial charge in [-0.25, -0.2) is 0 Å². The molecule has 0 N–H and O–H groups in total. The molecule has 26 heavy (non-hydrogen) atoms. The summed E-state index contributed by atoms with van der Waals surface area (Å²) in [5.41, 5.74) is 0.626. The Kier molecular flexibility index (Phi) is 6.64. The van der Waals surface area contributed by atoms with E-state index in [-0.39, 0.29) is 0 Å². The van der Waals surface area contributed by atoms with Crippen LogP contribution in [0, 0.1) is 0 Å². The van der Waals surface area contributed by atoms with Gasteiger partial charge in [-0.2, -0.15) is 0 Å². The summed E-state index contributed by atoms with van der Waals surface area (Å²) in [5.74, 6) is 0. The van der Waals surface area contributed by atoms with Gasteiger partial charge in [0.2, 0.25) is 0 Å². The standard InChI is InChI=1S/C25H30P/c1-3-4-8-15-22(2)26(23-16-9-5-10-17-23,24-18-11-6-12-19-24)25-20-13-7-14-21-25/h5-7,9-14,16-22H,3-4,8,15H2,1-2H3/q+1. The van der Waals surface area contributed by atoms with E-state index in [9.17, 15) is 0 Å². The van der Waals surface area contributed by atoms with Crippen molar-refractivity contribution >= 4 is 23.2 Å². The lowest BCUT2D eigenvalue weighted by Crippen LogP contribution is -2.37. The van der Waals surface area contributed by atoms with Crippen molar-refractivity contribution in [3.8, 4) is 0 Å². The van der Waals surface area contributed by atoms with Crippen LogP contribution in [0.2, 0.25) is 0 Å². The van der Waals surface area contributed by atoms with Gasteiger partial charge in [0.15, 0.2) is 0 Å². The summed E-state index contributed by atoms with van der Waals surface area (Å²) in [6.07, 6.45) is 5.19. The summed E-state index contributed by atoms with van der Waals surface area (Å²) in [5, 5.41) is 4.50. The Morgan fingerprint density at radius 2 is 1.00 bits per heavy atom. The van der Waals surface area contributed by atoms with Crippen LogP contribution in [-0.4, -0.2) is 5.66 Å². The van der Waals surface area contributed by atoms with E-state index in [4.69, 9.17) is 0 Å². The summed E-state index contributed by atoms with van der Waals surface area (Å²) < 4.78 is 0. The summed E-state index contributed by atoms with van der Waals surface area (Å²) in [4.78, 5) is 0. The average Bonchev–Trinajstić information content (AvgIpc) is 2.71. The molecule has 1 unspecified atom stereocenters. The molecule has 0 saturated carbocycles. The second-order valence-electron chi connectivity index (χ2n) is 7.07. The lowest BCUT2D eigenvalue weighted by Gasteiger charge is -2.33. The van der Waals surface area contributed by atoms with Crippen LogP contribution in [0.3, 0.4) is 0 Å². The third kappa shape index (κ3) is 3.76. The molecule has 3 rings (SSSR count). The molecule has 3 aromatic carbocycles. The third-order valence-corrected chi connectivity index (χ3v) is 10.3. The molecule has 0 aliphatic heterocycles. The molecule has 0 radical (unpaired) electrons. The minimum Gasteiger partial charge on any atom is -0.0654 e. The van der Waals surface area contributed by atoms with E-state index in [2.05, 4.69) is 105 Å². The van der Waals surface area contributed by atoms with E-state index in [1.165, 1.54) is 41.6 Å². The molecule has 134 valence electrons. The first-order valence-corrected chi connectivity index (χ1v) is 11.7. The second-order valence-corrected chi connectivity index (χ2v) is 11.0. The fourth-order valence-corrected chi connectivity index (χ4v) is 9.00. The zero-order chi connectivity index (χ0) is 18.2. The van der Waals surface area contributed by atoms with Gasteiger partial charge in [-0.05, 0) is 56.2 Å². The Morgan fingerprint density at radius 1 is 0.615 bits per heavy atom. The van der Waals surface area contributed by atoms with Crippen molar-refractivity contribution in [3.05, 3.63) is 91.0 Å². The van der Waals surface area contributed by atoms with Crippen molar-refractivity contribution in [1.82, 2.24) is 0 Å². The van der Waals surface area contributed by atoms with E-state index in [0.29, 0.717) is 5.66 Å². The summed E-state index contributed by atoms with van der Waals surface area (Å²) in [6, 6.07) is 33.7. The molecule has 0 bridgehead atoms. The van der Waals surface area contributed by atoms with Crippen molar-refractivity contribution < 1.29 is 0 Å². The highest BCUT2D eigenvalue weighted by Crippen LogP contribution is 2.60. The first-order chi connectivity index (χ1) is 12.8. The quantitative estimate of drug-likeness (QED) is 0.343. The molecule has 1 atom stereocenters. The van der Waals surface area contributed by atoms with Crippen LogP contribution in [0.5, 0.6) is 0 Å². The summed E-state index contributed by atoms with van der Waals surface area (Å²) in [7, 11) is -1.68. The van der Waals surface area contributed by atoms with Crippen molar-refractivity contribution in [2.75, 3.05) is 0 Å². The Labute approximate surface area is 159 Å². The predicted octanol–water partition coefficient (Wildman–Crippen LogP) is 5.95. The molecule has 0 aliphatic rings. The van der Waals surface area contributed by atoms with E-state index >= 15 is 0 Å². The molecule has 3 aromatic rings. The average molecular weight is 361 g/mol. The zero-order valence-corrected chi connectivity index (χ0v) is 16.9. The molecule has 0 aliphatic carbocycles. The molecule has 1 heteroatoms. The number of hydrogen-bond donors (Lipinski definition) is 0. The summed E-state index contributed by atoms with van der Waals surface area (Å²) >= 11 is 0. The molecule has 0 nitrogen and oxygen atoms in total. The zero-order valence-electron chi connectivity index (χ0n) is 16.0. The monoisotopic (exact) mass is 361 g/mol. The SMILES string of the molecule is CCCCCC(C)[P+](c1ccccc1)(c1ccccc1)c1ccccc1. The van der Waals surface area contributed by atoms with E-state index in [1.807, 2.05) is 0 Å². The molecule has 0 spiro atoms. The van der Waals surface area contributed by atoms with Crippen LogP contribution < -0.4 is 15.9 Å². The minimum absolute atomic E-state index is 0.626. The van der Waals surface area contributed by atoms with Crippen LogP contribution >= 0.6 is 7.26 Å². The second kappa shape index (κ2) is 9.15. The van der Waals surface area contributed by atoms with Crippen LogP contribution in [0.15, 0.2) is 91.0 Å². The van der Waals surface area contributed by atoms with Gasteiger partial charge in [0.25, 0.3) is 0 Å². The first kappa shape index (κ1) is 18.9. The Morgan fingerprint density at radius 3 is 1.35 bits per heavy atom. The Hall–Kier alpha value is -1.91. The maximum atomic E-state index is 2.48. The smallest absolute Gasteiger partial charge is 0.0654 e. The van der Waals surface area contributed by atoms with Crippen molar-refractivity contribution in [3.63, 3.8) is 0 Å². The number of hydrogen-bond acceptors (Lipinski definition) is 0. The van der Waals surface area contributed by atoms with Gasteiger partial charge in [-0.1, -0.05) is 74.4 Å². The molecular weight excluding hydrogens is 331 g/mol. The van der Waals surface area contributed by atoms with Crippen LogP contribution in [-0.2, 0) is 0 Å².